The highest BCUT2D eigenvalue weighted by molar-refractivity contribution is 5.94. The molecule has 122 valence electrons. The lowest BCUT2D eigenvalue weighted by Crippen LogP contribution is -2.45. The summed E-state index contributed by atoms with van der Waals surface area (Å²) in [7, 11) is 0. The Hall–Kier alpha value is -1.59. The van der Waals surface area contributed by atoms with Gasteiger partial charge in [0.05, 0.1) is 0 Å². The Morgan fingerprint density at radius 3 is 1.86 bits per heavy atom. The molecule has 0 aromatic heterocycles. The number of unbranched alkanes of at least 4 members (excludes halogenated alkanes) is 1. The first-order valence-corrected chi connectivity index (χ1v) is 7.53. The van der Waals surface area contributed by atoms with Gasteiger partial charge in [-0.25, -0.2) is 4.79 Å². The molecule has 0 radical (unpaired) electrons. The van der Waals surface area contributed by atoms with E-state index >= 15 is 0 Å². The molecule has 0 aliphatic rings. The maximum atomic E-state index is 12.1. The molecule has 6 heteroatoms. The quantitative estimate of drug-likeness (QED) is 0.640. The SMILES string of the molecule is CC(C)CN(CC(C)C)C(=O)NC(=O)CCCCC(=O)O. The number of urea groups is 1. The second kappa shape index (κ2) is 10.2. The van der Waals surface area contributed by atoms with E-state index in [2.05, 4.69) is 5.32 Å². The highest BCUT2D eigenvalue weighted by Gasteiger charge is 2.18. The van der Waals surface area contributed by atoms with E-state index in [9.17, 15) is 14.4 Å². The van der Waals surface area contributed by atoms with Crippen LogP contribution in [0.15, 0.2) is 0 Å². The molecule has 0 aliphatic heterocycles. The summed E-state index contributed by atoms with van der Waals surface area (Å²) in [5, 5.41) is 10.9. The summed E-state index contributed by atoms with van der Waals surface area (Å²) >= 11 is 0. The van der Waals surface area contributed by atoms with E-state index < -0.39 is 5.97 Å². The number of hydrogen-bond donors (Lipinski definition) is 2. The lowest BCUT2D eigenvalue weighted by Gasteiger charge is -2.26. The molecular weight excluding hydrogens is 272 g/mol. The Kier molecular flexibility index (Phi) is 9.41. The first-order valence-electron chi connectivity index (χ1n) is 7.53. The third-order valence-electron chi connectivity index (χ3n) is 2.75. The third kappa shape index (κ3) is 10.8. The molecule has 0 spiro atoms. The Bertz CT molecular complexity index is 344. The van der Waals surface area contributed by atoms with Crippen molar-refractivity contribution in [3.63, 3.8) is 0 Å². The maximum absolute atomic E-state index is 12.1. The summed E-state index contributed by atoms with van der Waals surface area (Å²) in [5.74, 6) is -0.547. The van der Waals surface area contributed by atoms with Gasteiger partial charge >= 0.3 is 12.0 Å². The van der Waals surface area contributed by atoms with Crippen LogP contribution in [-0.4, -0.2) is 41.0 Å². The monoisotopic (exact) mass is 300 g/mol. The summed E-state index contributed by atoms with van der Waals surface area (Å²) in [6, 6.07) is -0.361. The molecule has 2 N–H and O–H groups in total. The van der Waals surface area contributed by atoms with Crippen molar-refractivity contribution in [2.45, 2.75) is 53.4 Å². The molecule has 0 bridgehead atoms. The van der Waals surface area contributed by atoms with E-state index in [1.165, 1.54) is 0 Å². The number of rotatable bonds is 9. The molecule has 6 nitrogen and oxygen atoms in total. The van der Waals surface area contributed by atoms with Gasteiger partial charge in [0.2, 0.25) is 5.91 Å². The van der Waals surface area contributed by atoms with E-state index in [0.29, 0.717) is 37.8 Å². The van der Waals surface area contributed by atoms with Crippen molar-refractivity contribution in [3.05, 3.63) is 0 Å². The van der Waals surface area contributed by atoms with E-state index in [0.717, 1.165) is 0 Å². The van der Waals surface area contributed by atoms with Crippen LogP contribution in [0.4, 0.5) is 4.79 Å². The molecule has 0 saturated heterocycles. The molecule has 0 heterocycles. The van der Waals surface area contributed by atoms with Gasteiger partial charge in [-0.15, -0.1) is 0 Å². The zero-order valence-corrected chi connectivity index (χ0v) is 13.5. The van der Waals surface area contributed by atoms with Crippen molar-refractivity contribution in [1.29, 1.82) is 0 Å². The number of carbonyl (C=O) groups excluding carboxylic acids is 2. The number of carboxylic acid groups (broad SMARTS) is 1. The molecule has 0 aliphatic carbocycles. The number of aliphatic carboxylic acids is 1. The highest BCUT2D eigenvalue weighted by atomic mass is 16.4. The van der Waals surface area contributed by atoms with Crippen LogP contribution in [-0.2, 0) is 9.59 Å². The third-order valence-corrected chi connectivity index (χ3v) is 2.75. The predicted molar refractivity (Wildman–Crippen MR) is 80.9 cm³/mol. The van der Waals surface area contributed by atoms with Crippen LogP contribution in [0.2, 0.25) is 0 Å². The number of amides is 3. The molecule has 0 fully saturated rings. The molecular formula is C15H28N2O4. The molecule has 0 unspecified atom stereocenters. The van der Waals surface area contributed by atoms with Gasteiger partial charge in [0, 0.05) is 25.9 Å². The summed E-state index contributed by atoms with van der Waals surface area (Å²) < 4.78 is 0. The average molecular weight is 300 g/mol. The standard InChI is InChI=1S/C15H28N2O4/c1-11(2)9-17(10-12(3)4)15(21)16-13(18)7-5-6-8-14(19)20/h11-12H,5-10H2,1-4H3,(H,19,20)(H,16,18,21). The Balaban J connectivity index is 4.20. The first kappa shape index (κ1) is 19.4. The minimum Gasteiger partial charge on any atom is -0.481 e. The van der Waals surface area contributed by atoms with Crippen LogP contribution in [0.5, 0.6) is 0 Å². The summed E-state index contributed by atoms with van der Waals surface area (Å²) in [6.07, 6.45) is 1.14. The van der Waals surface area contributed by atoms with Gasteiger partial charge in [0.25, 0.3) is 0 Å². The summed E-state index contributed by atoms with van der Waals surface area (Å²) in [5.41, 5.74) is 0. The van der Waals surface area contributed by atoms with Gasteiger partial charge in [-0.2, -0.15) is 0 Å². The topological polar surface area (TPSA) is 86.7 Å². The largest absolute Gasteiger partial charge is 0.481 e. The van der Waals surface area contributed by atoms with Crippen molar-refractivity contribution in [1.82, 2.24) is 10.2 Å². The van der Waals surface area contributed by atoms with Gasteiger partial charge < -0.3 is 10.0 Å². The van der Waals surface area contributed by atoms with Crippen LogP contribution in [0.3, 0.4) is 0 Å². The lowest BCUT2D eigenvalue weighted by molar-refractivity contribution is -0.137. The predicted octanol–water partition coefficient (Wildman–Crippen LogP) is 2.48. The van der Waals surface area contributed by atoms with Gasteiger partial charge in [-0.1, -0.05) is 27.7 Å². The minimum absolute atomic E-state index is 0.0497. The fourth-order valence-corrected chi connectivity index (χ4v) is 1.94. The maximum Gasteiger partial charge on any atom is 0.324 e. The Morgan fingerprint density at radius 2 is 1.43 bits per heavy atom. The van der Waals surface area contributed by atoms with E-state index in [-0.39, 0.29) is 24.8 Å². The Morgan fingerprint density at radius 1 is 0.952 bits per heavy atom. The molecule has 0 saturated carbocycles. The second-order valence-corrected chi connectivity index (χ2v) is 6.15. The number of nitrogens with zero attached hydrogens (tertiary/aromatic N) is 1. The lowest BCUT2D eigenvalue weighted by atomic mass is 10.1. The average Bonchev–Trinajstić information content (AvgIpc) is 2.32. The van der Waals surface area contributed by atoms with Gasteiger partial charge in [-0.3, -0.25) is 14.9 Å². The van der Waals surface area contributed by atoms with E-state index in [1.54, 1.807) is 4.90 Å². The Labute approximate surface area is 126 Å². The van der Waals surface area contributed by atoms with E-state index in [1.807, 2.05) is 27.7 Å². The van der Waals surface area contributed by atoms with Crippen LogP contribution < -0.4 is 5.32 Å². The van der Waals surface area contributed by atoms with Crippen molar-refractivity contribution in [2.24, 2.45) is 11.8 Å². The zero-order chi connectivity index (χ0) is 16.4. The van der Waals surface area contributed by atoms with Gasteiger partial charge in [-0.05, 0) is 24.7 Å². The molecule has 3 amide bonds. The molecule has 0 aromatic rings. The van der Waals surface area contributed by atoms with Crippen molar-refractivity contribution < 1.29 is 19.5 Å². The van der Waals surface area contributed by atoms with Gasteiger partial charge in [0.15, 0.2) is 0 Å². The highest BCUT2D eigenvalue weighted by Crippen LogP contribution is 2.05. The number of carbonyl (C=O) groups is 3. The minimum atomic E-state index is -0.869. The van der Waals surface area contributed by atoms with Crippen LogP contribution in [0.1, 0.15) is 53.4 Å². The van der Waals surface area contributed by atoms with Crippen molar-refractivity contribution in [2.75, 3.05) is 13.1 Å². The number of carboxylic acids is 1. The van der Waals surface area contributed by atoms with E-state index in [4.69, 9.17) is 5.11 Å². The molecule has 21 heavy (non-hydrogen) atoms. The van der Waals surface area contributed by atoms with Crippen LogP contribution >= 0.6 is 0 Å². The summed E-state index contributed by atoms with van der Waals surface area (Å²) in [4.78, 5) is 35.7. The molecule has 0 atom stereocenters. The fraction of sp³-hybridized carbons (Fsp3) is 0.800. The van der Waals surface area contributed by atoms with Crippen molar-refractivity contribution >= 4 is 17.9 Å². The molecule has 0 rings (SSSR count). The zero-order valence-electron chi connectivity index (χ0n) is 13.5. The number of imide groups is 1. The number of nitrogens with one attached hydrogen (secondary N) is 1. The second-order valence-electron chi connectivity index (χ2n) is 6.15. The van der Waals surface area contributed by atoms with Gasteiger partial charge in [0.1, 0.15) is 0 Å². The fourth-order valence-electron chi connectivity index (χ4n) is 1.94. The normalized spacial score (nSPS) is 10.8. The van der Waals surface area contributed by atoms with Crippen LogP contribution in [0.25, 0.3) is 0 Å². The summed E-state index contributed by atoms with van der Waals surface area (Å²) in [6.45, 7) is 9.30. The van der Waals surface area contributed by atoms with Crippen LogP contribution in [0, 0.1) is 11.8 Å². The molecule has 0 aromatic carbocycles. The smallest absolute Gasteiger partial charge is 0.324 e. The van der Waals surface area contributed by atoms with Crippen molar-refractivity contribution in [3.8, 4) is 0 Å². The first-order chi connectivity index (χ1) is 9.72. The number of hydrogen-bond acceptors (Lipinski definition) is 3.